The number of amides is 1. The van der Waals surface area contributed by atoms with Gasteiger partial charge >= 0.3 is 5.97 Å². The summed E-state index contributed by atoms with van der Waals surface area (Å²) in [6.07, 6.45) is 1.75. The predicted molar refractivity (Wildman–Crippen MR) is 70.5 cm³/mol. The molecule has 5 nitrogen and oxygen atoms in total. The molecule has 1 amide bonds. The van der Waals surface area contributed by atoms with E-state index in [4.69, 9.17) is 0 Å². The fourth-order valence-electron chi connectivity index (χ4n) is 1.53. The Kier molecular flexibility index (Phi) is 5.77. The number of nitrogens with zero attached hydrogens (tertiary/aromatic N) is 1. The van der Waals surface area contributed by atoms with Crippen LogP contribution in [-0.4, -0.2) is 24.0 Å². The van der Waals surface area contributed by atoms with Gasteiger partial charge < -0.3 is 10.1 Å². The first-order valence-corrected chi connectivity index (χ1v) is 6.80. The molecule has 0 spiro atoms. The van der Waals surface area contributed by atoms with Crippen LogP contribution in [0.5, 0.6) is 0 Å². The van der Waals surface area contributed by atoms with Gasteiger partial charge in [-0.25, -0.2) is 4.98 Å². The monoisotopic (exact) mass is 270 g/mol. The van der Waals surface area contributed by atoms with E-state index >= 15 is 0 Å². The van der Waals surface area contributed by atoms with Gasteiger partial charge in [-0.15, -0.1) is 11.3 Å². The van der Waals surface area contributed by atoms with E-state index in [1.807, 2.05) is 13.8 Å². The average molecular weight is 270 g/mol. The third kappa shape index (κ3) is 4.10. The normalized spacial score (nSPS) is 10.4. The minimum absolute atomic E-state index is 0.0120. The fraction of sp³-hybridized carbons (Fsp3) is 0.583. The van der Waals surface area contributed by atoms with Gasteiger partial charge in [0, 0.05) is 11.3 Å². The van der Waals surface area contributed by atoms with Crippen molar-refractivity contribution in [3.63, 3.8) is 0 Å². The molecular formula is C12H18N2O3S. The molecule has 0 fully saturated rings. The van der Waals surface area contributed by atoms with Gasteiger partial charge in [0.25, 0.3) is 0 Å². The maximum absolute atomic E-state index is 11.8. The average Bonchev–Trinajstić information content (AvgIpc) is 2.77. The fourth-order valence-corrected chi connectivity index (χ4v) is 2.25. The highest BCUT2D eigenvalue weighted by atomic mass is 32.1. The van der Waals surface area contributed by atoms with E-state index in [0.717, 1.165) is 12.8 Å². The number of carbonyl (C=O) groups excluding carboxylic acids is 2. The molecule has 1 aromatic heterocycles. The number of hydrogen-bond donors (Lipinski definition) is 1. The molecule has 0 bridgehead atoms. The lowest BCUT2D eigenvalue weighted by Gasteiger charge is -2.10. The summed E-state index contributed by atoms with van der Waals surface area (Å²) in [7, 11) is 1.34. The topological polar surface area (TPSA) is 68.3 Å². The molecule has 18 heavy (non-hydrogen) atoms. The Morgan fingerprint density at radius 2 is 2.11 bits per heavy atom. The number of carbonyl (C=O) groups is 2. The van der Waals surface area contributed by atoms with Crippen LogP contribution in [0.4, 0.5) is 5.13 Å². The Bertz CT molecular complexity index is 413. The summed E-state index contributed by atoms with van der Waals surface area (Å²) in [5, 5.41) is 5.05. The first-order chi connectivity index (χ1) is 8.60. The SMILES string of the molecule is CCC(CC)C(=O)Nc1nc(CC(=O)OC)cs1. The van der Waals surface area contributed by atoms with E-state index in [9.17, 15) is 9.59 Å². The molecule has 0 unspecified atom stereocenters. The van der Waals surface area contributed by atoms with Crippen molar-refractivity contribution in [1.29, 1.82) is 0 Å². The maximum atomic E-state index is 11.8. The summed E-state index contributed by atoms with van der Waals surface area (Å²) in [5.41, 5.74) is 0.617. The van der Waals surface area contributed by atoms with Gasteiger partial charge in [0.2, 0.25) is 5.91 Å². The van der Waals surface area contributed by atoms with Gasteiger partial charge in [-0.05, 0) is 12.8 Å². The summed E-state index contributed by atoms with van der Waals surface area (Å²) < 4.78 is 4.56. The third-order valence-electron chi connectivity index (χ3n) is 2.69. The number of esters is 1. The molecule has 0 saturated heterocycles. The largest absolute Gasteiger partial charge is 0.469 e. The number of thiazole rings is 1. The quantitative estimate of drug-likeness (QED) is 0.805. The zero-order chi connectivity index (χ0) is 13.5. The highest BCUT2D eigenvalue weighted by molar-refractivity contribution is 7.13. The highest BCUT2D eigenvalue weighted by Gasteiger charge is 2.16. The second kappa shape index (κ2) is 7.10. The molecule has 0 aliphatic carbocycles. The summed E-state index contributed by atoms with van der Waals surface area (Å²) >= 11 is 1.32. The van der Waals surface area contributed by atoms with E-state index in [0.29, 0.717) is 10.8 Å². The molecule has 1 rings (SSSR count). The Morgan fingerprint density at radius 1 is 1.44 bits per heavy atom. The van der Waals surface area contributed by atoms with Crippen LogP contribution in [0.15, 0.2) is 5.38 Å². The third-order valence-corrected chi connectivity index (χ3v) is 3.50. The van der Waals surface area contributed by atoms with Crippen molar-refractivity contribution in [2.45, 2.75) is 33.1 Å². The molecule has 1 N–H and O–H groups in total. The van der Waals surface area contributed by atoms with Crippen molar-refractivity contribution in [1.82, 2.24) is 4.98 Å². The molecule has 1 heterocycles. The molecule has 0 aliphatic rings. The zero-order valence-electron chi connectivity index (χ0n) is 10.9. The number of anilines is 1. The summed E-state index contributed by atoms with van der Waals surface area (Å²) in [6.45, 7) is 3.97. The molecular weight excluding hydrogens is 252 g/mol. The summed E-state index contributed by atoms with van der Waals surface area (Å²) in [6, 6.07) is 0. The lowest BCUT2D eigenvalue weighted by Crippen LogP contribution is -2.21. The lowest BCUT2D eigenvalue weighted by atomic mass is 10.0. The minimum atomic E-state index is -0.335. The van der Waals surface area contributed by atoms with Crippen LogP contribution >= 0.6 is 11.3 Å². The Hall–Kier alpha value is -1.43. The molecule has 0 aromatic carbocycles. The van der Waals surface area contributed by atoms with Crippen molar-refractivity contribution in [3.8, 4) is 0 Å². The minimum Gasteiger partial charge on any atom is -0.469 e. The Balaban J connectivity index is 2.58. The maximum Gasteiger partial charge on any atom is 0.311 e. The van der Waals surface area contributed by atoms with Crippen LogP contribution in [0.25, 0.3) is 0 Å². The van der Waals surface area contributed by atoms with Crippen LogP contribution in [-0.2, 0) is 20.7 Å². The second-order valence-electron chi connectivity index (χ2n) is 3.90. The molecule has 100 valence electrons. The number of hydrogen-bond acceptors (Lipinski definition) is 5. The van der Waals surface area contributed by atoms with Gasteiger partial charge in [-0.3, -0.25) is 9.59 Å². The Labute approximate surface area is 111 Å². The molecule has 6 heteroatoms. The number of ether oxygens (including phenoxy) is 1. The van der Waals surface area contributed by atoms with Crippen molar-refractivity contribution in [3.05, 3.63) is 11.1 Å². The Morgan fingerprint density at radius 3 is 2.67 bits per heavy atom. The van der Waals surface area contributed by atoms with Crippen LogP contribution in [0, 0.1) is 5.92 Å². The van der Waals surface area contributed by atoms with Gasteiger partial charge in [-0.2, -0.15) is 0 Å². The van der Waals surface area contributed by atoms with Gasteiger partial charge in [0.1, 0.15) is 0 Å². The van der Waals surface area contributed by atoms with Crippen molar-refractivity contribution in [2.75, 3.05) is 12.4 Å². The summed E-state index contributed by atoms with van der Waals surface area (Å²) in [5.74, 6) is -0.338. The van der Waals surface area contributed by atoms with E-state index in [1.165, 1.54) is 18.4 Å². The van der Waals surface area contributed by atoms with Gasteiger partial charge in [-0.1, -0.05) is 13.8 Å². The number of aromatic nitrogens is 1. The standard InChI is InChI=1S/C12H18N2O3S/c1-4-8(5-2)11(16)14-12-13-9(7-18-12)6-10(15)17-3/h7-8H,4-6H2,1-3H3,(H,13,14,16). The van der Waals surface area contributed by atoms with E-state index < -0.39 is 0 Å². The van der Waals surface area contributed by atoms with Gasteiger partial charge in [0.15, 0.2) is 5.13 Å². The lowest BCUT2D eigenvalue weighted by molar-refractivity contribution is -0.139. The molecule has 0 radical (unpaired) electrons. The highest BCUT2D eigenvalue weighted by Crippen LogP contribution is 2.18. The van der Waals surface area contributed by atoms with Crippen molar-refractivity contribution < 1.29 is 14.3 Å². The smallest absolute Gasteiger partial charge is 0.311 e. The summed E-state index contributed by atoms with van der Waals surface area (Å²) in [4.78, 5) is 27.1. The van der Waals surface area contributed by atoms with Crippen molar-refractivity contribution in [2.24, 2.45) is 5.92 Å². The van der Waals surface area contributed by atoms with Crippen molar-refractivity contribution >= 4 is 28.3 Å². The second-order valence-corrected chi connectivity index (χ2v) is 4.76. The number of nitrogens with one attached hydrogen (secondary N) is 1. The van der Waals surface area contributed by atoms with E-state index in [2.05, 4.69) is 15.0 Å². The zero-order valence-corrected chi connectivity index (χ0v) is 11.7. The van der Waals surface area contributed by atoms with E-state index in [-0.39, 0.29) is 24.2 Å². The van der Waals surface area contributed by atoms with Crippen LogP contribution in [0.2, 0.25) is 0 Å². The molecule has 0 aliphatic heterocycles. The van der Waals surface area contributed by atoms with E-state index in [1.54, 1.807) is 5.38 Å². The van der Waals surface area contributed by atoms with Gasteiger partial charge in [0.05, 0.1) is 19.2 Å². The molecule has 0 atom stereocenters. The van der Waals surface area contributed by atoms with Crippen LogP contribution in [0.3, 0.4) is 0 Å². The molecule has 0 saturated carbocycles. The van der Waals surface area contributed by atoms with Crippen LogP contribution < -0.4 is 5.32 Å². The number of methoxy groups -OCH3 is 1. The van der Waals surface area contributed by atoms with Crippen LogP contribution in [0.1, 0.15) is 32.4 Å². The predicted octanol–water partition coefficient (Wildman–Crippen LogP) is 2.23. The molecule has 1 aromatic rings. The first kappa shape index (κ1) is 14.6. The number of rotatable bonds is 6. The first-order valence-electron chi connectivity index (χ1n) is 5.92.